The average molecular weight is 462 g/mol. The second-order valence-electron chi connectivity index (χ2n) is 6.38. The maximum absolute atomic E-state index is 11.6. The fraction of sp³-hybridized carbons (Fsp3) is 0. The van der Waals surface area contributed by atoms with E-state index in [2.05, 4.69) is 28.1 Å². The molecule has 3 aromatic carbocycles. The highest BCUT2D eigenvalue weighted by molar-refractivity contribution is 9.10. The van der Waals surface area contributed by atoms with Crippen molar-refractivity contribution in [1.29, 1.82) is 0 Å². The number of aromatic nitrogens is 1. The Morgan fingerprint density at radius 3 is 1.83 bits per heavy atom. The second-order valence-corrected chi connectivity index (χ2v) is 8.44. The number of benzene rings is 3. The van der Waals surface area contributed by atoms with Crippen molar-refractivity contribution < 1.29 is 9.90 Å². The summed E-state index contributed by atoms with van der Waals surface area (Å²) in [5.41, 5.74) is 3.24. The first-order valence-corrected chi connectivity index (χ1v) is 10.5. The fourth-order valence-corrected chi connectivity index (χ4v) is 3.99. The van der Waals surface area contributed by atoms with Crippen molar-refractivity contribution >= 4 is 33.7 Å². The summed E-state index contributed by atoms with van der Waals surface area (Å²) in [7, 11) is 0. The van der Waals surface area contributed by atoms with Crippen molar-refractivity contribution in [1.82, 2.24) is 4.98 Å². The van der Waals surface area contributed by atoms with Gasteiger partial charge < -0.3 is 5.11 Å². The molecule has 0 amide bonds. The molecule has 29 heavy (non-hydrogen) atoms. The van der Waals surface area contributed by atoms with E-state index in [1.165, 1.54) is 4.90 Å². The van der Waals surface area contributed by atoms with Crippen LogP contribution < -0.4 is 0 Å². The van der Waals surface area contributed by atoms with Crippen LogP contribution in [0.2, 0.25) is 0 Å². The fourth-order valence-electron chi connectivity index (χ4n) is 2.89. The van der Waals surface area contributed by atoms with Crippen molar-refractivity contribution in [3.63, 3.8) is 0 Å². The first-order chi connectivity index (χ1) is 14.1. The molecule has 5 heteroatoms. The van der Waals surface area contributed by atoms with Gasteiger partial charge in [-0.2, -0.15) is 0 Å². The Labute approximate surface area is 181 Å². The molecule has 3 nitrogen and oxygen atoms in total. The van der Waals surface area contributed by atoms with Crippen LogP contribution in [0.25, 0.3) is 22.5 Å². The number of hydrogen-bond donors (Lipinski definition) is 1. The Bertz CT molecular complexity index is 1140. The molecule has 142 valence electrons. The number of carbonyl (C=O) groups is 1. The zero-order chi connectivity index (χ0) is 20.2. The van der Waals surface area contributed by atoms with Crippen LogP contribution in [0.15, 0.2) is 105 Å². The number of carboxylic acids is 1. The highest BCUT2D eigenvalue weighted by Crippen LogP contribution is 2.30. The number of pyridine rings is 1. The molecule has 0 aliphatic carbocycles. The lowest BCUT2D eigenvalue weighted by molar-refractivity contribution is 0.0697. The molecule has 1 aromatic heterocycles. The summed E-state index contributed by atoms with van der Waals surface area (Å²) >= 11 is 5.10. The van der Waals surface area contributed by atoms with E-state index >= 15 is 0 Å². The van der Waals surface area contributed by atoms with Gasteiger partial charge in [-0.3, -0.25) is 0 Å². The number of hydrogen-bond acceptors (Lipinski definition) is 3. The third-order valence-electron chi connectivity index (χ3n) is 4.34. The van der Waals surface area contributed by atoms with Gasteiger partial charge in [0.05, 0.1) is 17.0 Å². The predicted molar refractivity (Wildman–Crippen MR) is 120 cm³/mol. The van der Waals surface area contributed by atoms with Gasteiger partial charge in [0.15, 0.2) is 0 Å². The summed E-state index contributed by atoms with van der Waals surface area (Å²) < 4.78 is 0.961. The van der Waals surface area contributed by atoms with Crippen LogP contribution in [0.1, 0.15) is 10.4 Å². The van der Waals surface area contributed by atoms with Gasteiger partial charge >= 0.3 is 5.97 Å². The van der Waals surface area contributed by atoms with E-state index in [0.29, 0.717) is 11.4 Å². The van der Waals surface area contributed by atoms with Gasteiger partial charge in [-0.25, -0.2) is 9.78 Å². The molecule has 0 unspecified atom stereocenters. The molecule has 4 aromatic rings. The summed E-state index contributed by atoms with van der Waals surface area (Å²) in [4.78, 5) is 18.6. The van der Waals surface area contributed by atoms with Crippen LogP contribution in [-0.2, 0) is 0 Å². The van der Waals surface area contributed by atoms with Crippen molar-refractivity contribution in [3.8, 4) is 22.5 Å². The summed E-state index contributed by atoms with van der Waals surface area (Å²) in [6.07, 6.45) is 0. The topological polar surface area (TPSA) is 50.2 Å². The van der Waals surface area contributed by atoms with Crippen molar-refractivity contribution in [2.24, 2.45) is 0 Å². The first-order valence-electron chi connectivity index (χ1n) is 8.93. The lowest BCUT2D eigenvalue weighted by Crippen LogP contribution is -2.00. The van der Waals surface area contributed by atoms with Crippen LogP contribution in [0, 0.1) is 0 Å². The Balaban J connectivity index is 1.68. The molecule has 0 aliphatic rings. The van der Waals surface area contributed by atoms with Gasteiger partial charge in [0.2, 0.25) is 0 Å². The van der Waals surface area contributed by atoms with E-state index in [-0.39, 0.29) is 5.56 Å². The third-order valence-corrected chi connectivity index (χ3v) is 5.89. The maximum Gasteiger partial charge on any atom is 0.335 e. The van der Waals surface area contributed by atoms with E-state index in [0.717, 1.165) is 20.5 Å². The average Bonchev–Trinajstić information content (AvgIpc) is 2.75. The van der Waals surface area contributed by atoms with E-state index in [1.54, 1.807) is 23.9 Å². The summed E-state index contributed by atoms with van der Waals surface area (Å²) in [5.74, 6) is -0.969. The predicted octanol–water partition coefficient (Wildman–Crippen LogP) is 7.03. The van der Waals surface area contributed by atoms with Crippen LogP contribution in [-0.4, -0.2) is 16.1 Å². The van der Waals surface area contributed by atoms with E-state index in [9.17, 15) is 9.90 Å². The Hall–Kier alpha value is -2.89. The second kappa shape index (κ2) is 8.64. The Morgan fingerprint density at radius 2 is 1.28 bits per heavy atom. The minimum absolute atomic E-state index is 0.218. The third kappa shape index (κ3) is 4.75. The standard InChI is InChI=1S/C24H16BrNO2S/c25-19-10-6-16(7-11-19)22-14-18(24(27)28)15-23(26-22)17-8-12-21(13-9-17)29-20-4-2-1-3-5-20/h1-15H,(H,27,28). The quantitative estimate of drug-likeness (QED) is 0.346. The Morgan fingerprint density at radius 1 is 0.759 bits per heavy atom. The van der Waals surface area contributed by atoms with Crippen molar-refractivity contribution in [2.45, 2.75) is 9.79 Å². The van der Waals surface area contributed by atoms with Gasteiger partial charge in [-0.05, 0) is 48.5 Å². The lowest BCUT2D eigenvalue weighted by Gasteiger charge is -2.09. The number of nitrogens with zero attached hydrogens (tertiary/aromatic N) is 1. The monoisotopic (exact) mass is 461 g/mol. The molecule has 4 rings (SSSR count). The zero-order valence-corrected chi connectivity index (χ0v) is 17.7. The van der Waals surface area contributed by atoms with E-state index in [4.69, 9.17) is 4.98 Å². The van der Waals surface area contributed by atoms with Crippen molar-refractivity contribution in [3.05, 3.63) is 101 Å². The maximum atomic E-state index is 11.6. The minimum Gasteiger partial charge on any atom is -0.478 e. The highest BCUT2D eigenvalue weighted by Gasteiger charge is 2.12. The van der Waals surface area contributed by atoms with Gasteiger partial charge in [0.1, 0.15) is 0 Å². The largest absolute Gasteiger partial charge is 0.478 e. The molecule has 0 saturated heterocycles. The van der Waals surface area contributed by atoms with E-state index < -0.39 is 5.97 Å². The van der Waals surface area contributed by atoms with Crippen LogP contribution in [0.5, 0.6) is 0 Å². The number of rotatable bonds is 5. The molecule has 0 saturated carbocycles. The van der Waals surface area contributed by atoms with Gasteiger partial charge in [0, 0.05) is 25.4 Å². The molecule has 0 radical (unpaired) electrons. The Kier molecular flexibility index (Phi) is 5.79. The highest BCUT2D eigenvalue weighted by atomic mass is 79.9. The number of halogens is 1. The zero-order valence-electron chi connectivity index (χ0n) is 15.2. The molecule has 0 fully saturated rings. The van der Waals surface area contributed by atoms with Gasteiger partial charge in [-0.15, -0.1) is 0 Å². The molecule has 0 aliphatic heterocycles. The SMILES string of the molecule is O=C(O)c1cc(-c2ccc(Br)cc2)nc(-c2ccc(Sc3ccccc3)cc2)c1. The van der Waals surface area contributed by atoms with Gasteiger partial charge in [-0.1, -0.05) is 70.2 Å². The smallest absolute Gasteiger partial charge is 0.335 e. The van der Waals surface area contributed by atoms with Crippen LogP contribution in [0.3, 0.4) is 0 Å². The molecular formula is C24H16BrNO2S. The molecular weight excluding hydrogens is 446 g/mol. The molecule has 0 bridgehead atoms. The lowest BCUT2D eigenvalue weighted by atomic mass is 10.0. The molecule has 0 atom stereocenters. The van der Waals surface area contributed by atoms with Crippen molar-refractivity contribution in [2.75, 3.05) is 0 Å². The first kappa shape index (κ1) is 19.4. The van der Waals surface area contributed by atoms with Crippen LogP contribution in [0.4, 0.5) is 0 Å². The number of aromatic carboxylic acids is 1. The molecule has 1 N–H and O–H groups in total. The normalized spacial score (nSPS) is 10.7. The minimum atomic E-state index is -0.969. The molecule has 1 heterocycles. The summed E-state index contributed by atoms with van der Waals surface area (Å²) in [5, 5.41) is 9.54. The summed E-state index contributed by atoms with van der Waals surface area (Å²) in [6.45, 7) is 0. The van der Waals surface area contributed by atoms with Gasteiger partial charge in [0.25, 0.3) is 0 Å². The van der Waals surface area contributed by atoms with E-state index in [1.807, 2.05) is 66.7 Å². The number of carboxylic acid groups (broad SMARTS) is 1. The summed E-state index contributed by atoms with van der Waals surface area (Å²) in [6, 6.07) is 29.1. The molecule has 0 spiro atoms. The van der Waals surface area contributed by atoms with Crippen LogP contribution >= 0.6 is 27.7 Å².